The summed E-state index contributed by atoms with van der Waals surface area (Å²) in [6, 6.07) is 0. The Morgan fingerprint density at radius 1 is 1.00 bits per heavy atom. The van der Waals surface area contributed by atoms with E-state index in [9.17, 15) is 0 Å². The standard InChI is InChI=1S/C16H24S2/c1-3-4-5-6-7-8-9-13(2)14-11-18-16-12-17-10-15(14)16/h10-13H,3-9H2,1-2H3. The Bertz CT molecular complexity index is 452. The summed E-state index contributed by atoms with van der Waals surface area (Å²) in [7, 11) is 0. The molecule has 2 aromatic rings. The minimum atomic E-state index is 0.736. The van der Waals surface area contributed by atoms with Crippen LogP contribution in [0.5, 0.6) is 0 Å². The van der Waals surface area contributed by atoms with Gasteiger partial charge in [0.05, 0.1) is 0 Å². The van der Waals surface area contributed by atoms with Gasteiger partial charge in [0.2, 0.25) is 0 Å². The molecule has 0 radical (unpaired) electrons. The van der Waals surface area contributed by atoms with E-state index < -0.39 is 0 Å². The number of rotatable bonds is 8. The Hall–Kier alpha value is -0.340. The second-order valence-corrected chi connectivity index (χ2v) is 6.95. The second kappa shape index (κ2) is 7.30. The van der Waals surface area contributed by atoms with Crippen molar-refractivity contribution in [2.75, 3.05) is 0 Å². The lowest BCUT2D eigenvalue weighted by molar-refractivity contribution is 0.559. The van der Waals surface area contributed by atoms with Crippen LogP contribution in [0.25, 0.3) is 10.1 Å². The van der Waals surface area contributed by atoms with Gasteiger partial charge < -0.3 is 0 Å². The summed E-state index contributed by atoms with van der Waals surface area (Å²) in [5, 5.41) is 8.49. The molecule has 0 aromatic carbocycles. The van der Waals surface area contributed by atoms with Crippen molar-refractivity contribution >= 4 is 32.8 Å². The summed E-state index contributed by atoms with van der Waals surface area (Å²) in [5.74, 6) is 0.736. The molecule has 0 fully saturated rings. The fourth-order valence-corrected chi connectivity index (χ4v) is 4.64. The summed E-state index contributed by atoms with van der Waals surface area (Å²) in [6.07, 6.45) is 9.79. The van der Waals surface area contributed by atoms with E-state index in [2.05, 4.69) is 30.0 Å². The molecule has 0 aliphatic heterocycles. The molecular weight excluding hydrogens is 256 g/mol. The van der Waals surface area contributed by atoms with E-state index >= 15 is 0 Å². The third kappa shape index (κ3) is 3.58. The molecule has 100 valence electrons. The molecule has 0 nitrogen and oxygen atoms in total. The number of unbranched alkanes of at least 4 members (excludes halogenated alkanes) is 5. The van der Waals surface area contributed by atoms with Crippen molar-refractivity contribution in [3.8, 4) is 0 Å². The first-order valence-electron chi connectivity index (χ1n) is 7.26. The van der Waals surface area contributed by atoms with Gasteiger partial charge in [-0.05, 0) is 28.7 Å². The summed E-state index contributed by atoms with van der Waals surface area (Å²) in [5.41, 5.74) is 1.59. The lowest BCUT2D eigenvalue weighted by atomic mass is 9.95. The van der Waals surface area contributed by atoms with Crippen LogP contribution in [0, 0.1) is 0 Å². The van der Waals surface area contributed by atoms with Crippen molar-refractivity contribution in [1.29, 1.82) is 0 Å². The Morgan fingerprint density at radius 3 is 2.61 bits per heavy atom. The minimum Gasteiger partial charge on any atom is -0.150 e. The van der Waals surface area contributed by atoms with Crippen LogP contribution in [0.15, 0.2) is 16.1 Å². The van der Waals surface area contributed by atoms with Crippen LogP contribution >= 0.6 is 22.7 Å². The van der Waals surface area contributed by atoms with E-state index in [1.54, 1.807) is 5.56 Å². The fourth-order valence-electron chi connectivity index (χ4n) is 2.55. The highest BCUT2D eigenvalue weighted by Crippen LogP contribution is 2.35. The average molecular weight is 281 g/mol. The maximum atomic E-state index is 2.39. The molecule has 0 bridgehead atoms. The maximum Gasteiger partial charge on any atom is 0.0452 e. The van der Waals surface area contributed by atoms with Gasteiger partial charge in [0.1, 0.15) is 0 Å². The van der Waals surface area contributed by atoms with Crippen LogP contribution in [0.3, 0.4) is 0 Å². The van der Waals surface area contributed by atoms with Gasteiger partial charge in [0.15, 0.2) is 0 Å². The van der Waals surface area contributed by atoms with E-state index in [0.717, 1.165) is 5.92 Å². The van der Waals surface area contributed by atoms with Gasteiger partial charge in [-0.25, -0.2) is 0 Å². The molecule has 0 spiro atoms. The number of fused-ring (bicyclic) bond motifs is 1. The van der Waals surface area contributed by atoms with Crippen molar-refractivity contribution in [1.82, 2.24) is 0 Å². The summed E-state index contributed by atoms with van der Waals surface area (Å²) >= 11 is 3.75. The predicted octanol–water partition coefficient (Wildman–Crippen LogP) is 6.82. The molecule has 1 atom stereocenters. The molecule has 0 saturated carbocycles. The molecule has 0 aliphatic rings. The molecule has 2 heteroatoms. The molecule has 2 aromatic heterocycles. The molecular formula is C16H24S2. The number of hydrogen-bond acceptors (Lipinski definition) is 2. The van der Waals surface area contributed by atoms with Gasteiger partial charge in [0.25, 0.3) is 0 Å². The highest BCUT2D eigenvalue weighted by Gasteiger charge is 2.11. The van der Waals surface area contributed by atoms with Gasteiger partial charge in [-0.2, -0.15) is 11.3 Å². The molecule has 0 saturated heterocycles. The summed E-state index contributed by atoms with van der Waals surface area (Å²) in [6.45, 7) is 4.68. The first kappa shape index (κ1) is 14.1. The van der Waals surface area contributed by atoms with Crippen molar-refractivity contribution in [2.24, 2.45) is 0 Å². The molecule has 0 aliphatic carbocycles. The highest BCUT2D eigenvalue weighted by molar-refractivity contribution is 7.21. The second-order valence-electron chi connectivity index (χ2n) is 5.30. The fraction of sp³-hybridized carbons (Fsp3) is 0.625. The smallest absolute Gasteiger partial charge is 0.0452 e. The zero-order valence-electron chi connectivity index (χ0n) is 11.6. The lowest BCUT2D eigenvalue weighted by Crippen LogP contribution is -1.92. The minimum absolute atomic E-state index is 0.736. The van der Waals surface area contributed by atoms with Gasteiger partial charge in [-0.1, -0.05) is 52.4 Å². The SMILES string of the molecule is CCCCCCCCC(C)c1csc2cscc12. The van der Waals surface area contributed by atoms with Crippen LogP contribution < -0.4 is 0 Å². The van der Waals surface area contributed by atoms with Gasteiger partial charge >= 0.3 is 0 Å². The van der Waals surface area contributed by atoms with Crippen LogP contribution in [-0.2, 0) is 0 Å². The van der Waals surface area contributed by atoms with Crippen molar-refractivity contribution in [2.45, 2.75) is 64.7 Å². The average Bonchev–Trinajstić information content (AvgIpc) is 2.95. The van der Waals surface area contributed by atoms with Crippen molar-refractivity contribution < 1.29 is 0 Å². The van der Waals surface area contributed by atoms with Crippen LogP contribution in [0.1, 0.15) is 70.3 Å². The van der Waals surface area contributed by atoms with Crippen molar-refractivity contribution in [3.05, 3.63) is 21.7 Å². The lowest BCUT2D eigenvalue weighted by Gasteiger charge is -2.10. The Kier molecular flexibility index (Phi) is 5.71. The predicted molar refractivity (Wildman–Crippen MR) is 86.1 cm³/mol. The first-order chi connectivity index (χ1) is 8.83. The highest BCUT2D eigenvalue weighted by atomic mass is 32.1. The maximum absolute atomic E-state index is 2.39. The Labute approximate surface area is 119 Å². The number of hydrogen-bond donors (Lipinski definition) is 0. The third-order valence-electron chi connectivity index (χ3n) is 3.77. The topological polar surface area (TPSA) is 0 Å². The van der Waals surface area contributed by atoms with Crippen LogP contribution in [-0.4, -0.2) is 0 Å². The zero-order chi connectivity index (χ0) is 12.8. The van der Waals surface area contributed by atoms with Crippen LogP contribution in [0.2, 0.25) is 0 Å². The summed E-state index contributed by atoms with van der Waals surface area (Å²) in [4.78, 5) is 0. The molecule has 1 unspecified atom stereocenters. The van der Waals surface area contributed by atoms with Gasteiger partial charge in [-0.15, -0.1) is 11.3 Å². The number of thiophene rings is 2. The quantitative estimate of drug-likeness (QED) is 0.465. The van der Waals surface area contributed by atoms with E-state index in [1.165, 1.54) is 55.0 Å². The Balaban J connectivity index is 1.75. The van der Waals surface area contributed by atoms with Gasteiger partial charge in [-0.3, -0.25) is 0 Å². The van der Waals surface area contributed by atoms with E-state index in [1.807, 2.05) is 22.7 Å². The van der Waals surface area contributed by atoms with Gasteiger partial charge in [0, 0.05) is 15.5 Å². The van der Waals surface area contributed by atoms with E-state index in [-0.39, 0.29) is 0 Å². The zero-order valence-corrected chi connectivity index (χ0v) is 13.2. The molecule has 2 heterocycles. The third-order valence-corrected chi connectivity index (χ3v) is 5.63. The molecule has 0 N–H and O–H groups in total. The summed E-state index contributed by atoms with van der Waals surface area (Å²) < 4.78 is 1.48. The molecule has 0 amide bonds. The molecule has 18 heavy (non-hydrogen) atoms. The van der Waals surface area contributed by atoms with Crippen molar-refractivity contribution in [3.63, 3.8) is 0 Å². The first-order valence-corrected chi connectivity index (χ1v) is 9.08. The van der Waals surface area contributed by atoms with E-state index in [0.29, 0.717) is 0 Å². The largest absolute Gasteiger partial charge is 0.150 e. The monoisotopic (exact) mass is 280 g/mol. The van der Waals surface area contributed by atoms with Crippen LogP contribution in [0.4, 0.5) is 0 Å². The normalized spacial score (nSPS) is 13.2. The van der Waals surface area contributed by atoms with E-state index in [4.69, 9.17) is 0 Å². The Morgan fingerprint density at radius 2 is 1.78 bits per heavy atom. The molecule has 2 rings (SSSR count).